The SMILES string of the molecule is N#Cc1c(SCc2ccccc2F)noc1-c1cccc(Cl)c1. The normalized spacial score (nSPS) is 10.5. The van der Waals surface area contributed by atoms with Crippen LogP contribution in [0, 0.1) is 17.1 Å². The van der Waals surface area contributed by atoms with Crippen LogP contribution in [0.15, 0.2) is 58.1 Å². The molecule has 0 fully saturated rings. The van der Waals surface area contributed by atoms with Gasteiger partial charge in [-0.2, -0.15) is 5.26 Å². The monoisotopic (exact) mass is 344 g/mol. The summed E-state index contributed by atoms with van der Waals surface area (Å²) in [5, 5.41) is 14.3. The highest BCUT2D eigenvalue weighted by molar-refractivity contribution is 7.98. The first-order chi connectivity index (χ1) is 11.2. The standard InChI is InChI=1S/C17H10ClFN2OS/c18-13-6-3-5-11(8-13)16-14(9-20)17(21-22-16)23-10-12-4-1-2-7-15(12)19/h1-8H,10H2. The molecule has 23 heavy (non-hydrogen) atoms. The van der Waals surface area contributed by atoms with Crippen LogP contribution >= 0.6 is 23.4 Å². The Kier molecular flexibility index (Phi) is 4.65. The van der Waals surface area contributed by atoms with Crippen LogP contribution in [0.2, 0.25) is 5.02 Å². The van der Waals surface area contributed by atoms with Crippen LogP contribution in [0.1, 0.15) is 11.1 Å². The minimum Gasteiger partial charge on any atom is -0.354 e. The second kappa shape index (κ2) is 6.86. The van der Waals surface area contributed by atoms with Gasteiger partial charge in [0.1, 0.15) is 17.4 Å². The van der Waals surface area contributed by atoms with Gasteiger partial charge >= 0.3 is 0 Å². The Hall–Kier alpha value is -2.29. The molecule has 0 amide bonds. The number of thioether (sulfide) groups is 1. The van der Waals surface area contributed by atoms with Crippen LogP contribution < -0.4 is 0 Å². The molecule has 0 aliphatic heterocycles. The van der Waals surface area contributed by atoms with E-state index in [0.29, 0.717) is 38.3 Å². The molecule has 0 aliphatic rings. The van der Waals surface area contributed by atoms with Gasteiger partial charge in [-0.1, -0.05) is 58.9 Å². The lowest BCUT2D eigenvalue weighted by Crippen LogP contribution is -1.87. The van der Waals surface area contributed by atoms with E-state index >= 15 is 0 Å². The van der Waals surface area contributed by atoms with Gasteiger partial charge in [0.15, 0.2) is 10.8 Å². The van der Waals surface area contributed by atoms with Crippen molar-refractivity contribution in [1.82, 2.24) is 5.16 Å². The van der Waals surface area contributed by atoms with Crippen molar-refractivity contribution in [1.29, 1.82) is 5.26 Å². The van der Waals surface area contributed by atoms with Gasteiger partial charge in [0.2, 0.25) is 0 Å². The van der Waals surface area contributed by atoms with Crippen molar-refractivity contribution in [3.05, 3.63) is 70.5 Å². The summed E-state index contributed by atoms with van der Waals surface area (Å²) in [5.41, 5.74) is 1.56. The van der Waals surface area contributed by atoms with Crippen molar-refractivity contribution in [3.8, 4) is 17.4 Å². The number of rotatable bonds is 4. The number of nitriles is 1. The zero-order valence-electron chi connectivity index (χ0n) is 11.8. The lowest BCUT2D eigenvalue weighted by atomic mass is 10.1. The van der Waals surface area contributed by atoms with E-state index in [1.54, 1.807) is 42.5 Å². The quantitative estimate of drug-likeness (QED) is 0.603. The molecule has 3 nitrogen and oxygen atoms in total. The highest BCUT2D eigenvalue weighted by atomic mass is 35.5. The van der Waals surface area contributed by atoms with E-state index in [-0.39, 0.29) is 5.82 Å². The Morgan fingerprint density at radius 3 is 2.78 bits per heavy atom. The summed E-state index contributed by atoms with van der Waals surface area (Å²) in [6.07, 6.45) is 0. The van der Waals surface area contributed by atoms with Gasteiger partial charge < -0.3 is 4.52 Å². The van der Waals surface area contributed by atoms with E-state index in [1.807, 2.05) is 0 Å². The van der Waals surface area contributed by atoms with E-state index in [2.05, 4.69) is 11.2 Å². The Morgan fingerprint density at radius 1 is 1.22 bits per heavy atom. The molecule has 1 heterocycles. The van der Waals surface area contributed by atoms with Crippen molar-refractivity contribution in [3.63, 3.8) is 0 Å². The fraction of sp³-hybridized carbons (Fsp3) is 0.0588. The van der Waals surface area contributed by atoms with Crippen LogP contribution in [-0.4, -0.2) is 5.16 Å². The molecule has 0 saturated heterocycles. The number of aromatic nitrogens is 1. The number of halogens is 2. The molecule has 0 bridgehead atoms. The zero-order chi connectivity index (χ0) is 16.2. The lowest BCUT2D eigenvalue weighted by molar-refractivity contribution is 0.415. The van der Waals surface area contributed by atoms with Crippen molar-refractivity contribution >= 4 is 23.4 Å². The van der Waals surface area contributed by atoms with Gasteiger partial charge in [-0.25, -0.2) is 4.39 Å². The third kappa shape index (κ3) is 3.39. The number of nitrogens with zero attached hydrogens (tertiary/aromatic N) is 2. The average Bonchev–Trinajstić information content (AvgIpc) is 2.97. The summed E-state index contributed by atoms with van der Waals surface area (Å²) < 4.78 is 19.0. The molecule has 3 aromatic rings. The first-order valence-electron chi connectivity index (χ1n) is 6.71. The van der Waals surface area contributed by atoms with E-state index in [9.17, 15) is 9.65 Å². The Labute approximate surface area is 141 Å². The third-order valence-electron chi connectivity index (χ3n) is 3.18. The van der Waals surface area contributed by atoms with Crippen LogP contribution in [0.5, 0.6) is 0 Å². The number of benzene rings is 2. The predicted octanol–water partition coefficient (Wildman–Crippen LogP) is 5.30. The maximum absolute atomic E-state index is 13.7. The van der Waals surface area contributed by atoms with Crippen molar-refractivity contribution < 1.29 is 8.91 Å². The van der Waals surface area contributed by atoms with Crippen molar-refractivity contribution in [2.75, 3.05) is 0 Å². The molecule has 0 saturated carbocycles. The minimum absolute atomic E-state index is 0.280. The highest BCUT2D eigenvalue weighted by Gasteiger charge is 2.18. The number of hydrogen-bond acceptors (Lipinski definition) is 4. The molecule has 0 aliphatic carbocycles. The molecule has 2 aromatic carbocycles. The molecule has 0 unspecified atom stereocenters. The summed E-state index contributed by atoms with van der Waals surface area (Å²) in [5.74, 6) is 0.450. The molecule has 0 radical (unpaired) electrons. The lowest BCUT2D eigenvalue weighted by Gasteiger charge is -2.01. The molecule has 6 heteroatoms. The van der Waals surface area contributed by atoms with Crippen molar-refractivity contribution in [2.45, 2.75) is 10.8 Å². The van der Waals surface area contributed by atoms with E-state index in [4.69, 9.17) is 16.1 Å². The van der Waals surface area contributed by atoms with E-state index in [0.717, 1.165) is 0 Å². The summed E-state index contributed by atoms with van der Waals surface area (Å²) in [6, 6.07) is 15.6. The average molecular weight is 345 g/mol. The molecular weight excluding hydrogens is 335 g/mol. The molecule has 114 valence electrons. The fourth-order valence-corrected chi connectivity index (χ4v) is 3.15. The Morgan fingerprint density at radius 2 is 2.04 bits per heavy atom. The van der Waals surface area contributed by atoms with Gasteiger partial charge in [0, 0.05) is 16.3 Å². The molecule has 0 N–H and O–H groups in total. The summed E-state index contributed by atoms with van der Waals surface area (Å²) in [4.78, 5) is 0. The first kappa shape index (κ1) is 15.6. The fourth-order valence-electron chi connectivity index (χ4n) is 2.06. The Bertz CT molecular complexity index is 888. The maximum Gasteiger partial charge on any atom is 0.185 e. The number of hydrogen-bond donors (Lipinski definition) is 0. The Balaban J connectivity index is 1.87. The van der Waals surface area contributed by atoms with Gasteiger partial charge in [0.25, 0.3) is 0 Å². The minimum atomic E-state index is -0.280. The molecule has 1 aromatic heterocycles. The largest absolute Gasteiger partial charge is 0.354 e. The van der Waals surface area contributed by atoms with Crippen LogP contribution in [0.3, 0.4) is 0 Å². The maximum atomic E-state index is 13.7. The van der Waals surface area contributed by atoms with E-state index in [1.165, 1.54) is 17.8 Å². The summed E-state index contributed by atoms with van der Waals surface area (Å²) >= 11 is 7.22. The second-order valence-electron chi connectivity index (χ2n) is 4.69. The molecule has 0 atom stereocenters. The summed E-state index contributed by atoms with van der Waals surface area (Å²) in [7, 11) is 0. The van der Waals surface area contributed by atoms with E-state index < -0.39 is 0 Å². The summed E-state index contributed by atoms with van der Waals surface area (Å²) in [6.45, 7) is 0. The van der Waals surface area contributed by atoms with Gasteiger partial charge in [0.05, 0.1) is 0 Å². The second-order valence-corrected chi connectivity index (χ2v) is 6.09. The zero-order valence-corrected chi connectivity index (χ0v) is 13.4. The molecule has 3 rings (SSSR count). The van der Waals surface area contributed by atoms with Crippen LogP contribution in [-0.2, 0) is 5.75 Å². The topological polar surface area (TPSA) is 49.8 Å². The highest BCUT2D eigenvalue weighted by Crippen LogP contribution is 2.33. The van der Waals surface area contributed by atoms with Gasteiger partial charge in [-0.3, -0.25) is 0 Å². The molecule has 0 spiro atoms. The van der Waals surface area contributed by atoms with Gasteiger partial charge in [-0.05, 0) is 23.8 Å². The van der Waals surface area contributed by atoms with Crippen molar-refractivity contribution in [2.24, 2.45) is 0 Å². The predicted molar refractivity (Wildman–Crippen MR) is 87.6 cm³/mol. The van der Waals surface area contributed by atoms with Crippen LogP contribution in [0.4, 0.5) is 4.39 Å². The van der Waals surface area contributed by atoms with Gasteiger partial charge in [-0.15, -0.1) is 0 Å². The smallest absolute Gasteiger partial charge is 0.185 e. The van der Waals surface area contributed by atoms with Crippen LogP contribution in [0.25, 0.3) is 11.3 Å². The third-order valence-corrected chi connectivity index (χ3v) is 4.42. The molecular formula is C17H10ClFN2OS. The first-order valence-corrected chi connectivity index (χ1v) is 8.07.